The van der Waals surface area contributed by atoms with E-state index in [0.717, 1.165) is 45.7 Å². The van der Waals surface area contributed by atoms with Gasteiger partial charge in [0.25, 0.3) is 0 Å². The molecule has 0 aliphatic carbocycles. The lowest BCUT2D eigenvalue weighted by molar-refractivity contribution is -0.0270. The molecule has 2 fully saturated rings. The molecule has 2 rings (SSSR count). The van der Waals surface area contributed by atoms with Gasteiger partial charge < -0.3 is 9.47 Å². The van der Waals surface area contributed by atoms with E-state index in [1.54, 1.807) is 6.92 Å². The summed E-state index contributed by atoms with van der Waals surface area (Å²) in [6.07, 6.45) is 1.78. The number of ether oxygens (including phenoxy) is 2. The highest BCUT2D eigenvalue weighted by molar-refractivity contribution is 7.89. The second-order valence-corrected chi connectivity index (χ2v) is 8.35. The van der Waals surface area contributed by atoms with Gasteiger partial charge in [0.1, 0.15) is 0 Å². The summed E-state index contributed by atoms with van der Waals surface area (Å²) in [5, 5.41) is 0. The zero-order valence-electron chi connectivity index (χ0n) is 13.5. The predicted octanol–water partition coefficient (Wildman–Crippen LogP) is 0.611. The number of rotatable bonds is 7. The lowest BCUT2D eigenvalue weighted by Gasteiger charge is -2.42. The molecule has 0 aromatic heterocycles. The topological polar surface area (TPSA) is 67.9 Å². The molecule has 0 spiro atoms. The van der Waals surface area contributed by atoms with Crippen molar-refractivity contribution in [2.24, 2.45) is 5.41 Å². The van der Waals surface area contributed by atoms with Gasteiger partial charge in [-0.05, 0) is 19.8 Å². The fourth-order valence-electron chi connectivity index (χ4n) is 3.07. The van der Waals surface area contributed by atoms with Crippen molar-refractivity contribution < 1.29 is 17.9 Å². The molecule has 1 N–H and O–H groups in total. The molecule has 2 aliphatic heterocycles. The zero-order chi connectivity index (χ0) is 16.1. The number of morpholine rings is 1. The number of nitrogens with zero attached hydrogens (tertiary/aromatic N) is 1. The molecule has 0 aromatic carbocycles. The Hall–Kier alpha value is -0.470. The average Bonchev–Trinajstić information content (AvgIpc) is 2.46. The first-order valence-electron chi connectivity index (χ1n) is 7.90. The normalized spacial score (nSPS) is 23.3. The van der Waals surface area contributed by atoms with Crippen molar-refractivity contribution in [3.8, 4) is 0 Å². The second-order valence-electron chi connectivity index (χ2n) is 6.54. The number of sulfonamides is 1. The summed E-state index contributed by atoms with van der Waals surface area (Å²) in [6.45, 7) is 11.5. The largest absolute Gasteiger partial charge is 0.381 e. The van der Waals surface area contributed by atoms with Crippen molar-refractivity contribution in [3.05, 3.63) is 12.2 Å². The molecule has 6 nitrogen and oxygen atoms in total. The molecule has 0 unspecified atom stereocenters. The molecule has 0 aromatic rings. The van der Waals surface area contributed by atoms with E-state index in [4.69, 9.17) is 9.47 Å². The van der Waals surface area contributed by atoms with Gasteiger partial charge in [-0.3, -0.25) is 4.90 Å². The van der Waals surface area contributed by atoms with Crippen LogP contribution in [-0.4, -0.2) is 71.7 Å². The highest BCUT2D eigenvalue weighted by atomic mass is 32.2. The number of hydrogen-bond donors (Lipinski definition) is 1. The summed E-state index contributed by atoms with van der Waals surface area (Å²) in [6, 6.07) is 0. The molecule has 0 radical (unpaired) electrons. The third-order valence-corrected chi connectivity index (χ3v) is 5.78. The third-order valence-electron chi connectivity index (χ3n) is 4.32. The zero-order valence-corrected chi connectivity index (χ0v) is 14.3. The lowest BCUT2D eigenvalue weighted by atomic mass is 9.79. The SMILES string of the molecule is C=C(C)CS(=O)(=O)NCC1(CN2CCOCC2)CCOCC1. The van der Waals surface area contributed by atoms with Crippen LogP contribution in [0.4, 0.5) is 0 Å². The fraction of sp³-hybridized carbons (Fsp3) is 0.867. The molecule has 0 atom stereocenters. The molecular formula is C15H28N2O4S. The van der Waals surface area contributed by atoms with Crippen LogP contribution in [0.25, 0.3) is 0 Å². The molecule has 0 amide bonds. The maximum absolute atomic E-state index is 12.1. The van der Waals surface area contributed by atoms with Gasteiger partial charge in [-0.15, -0.1) is 0 Å². The van der Waals surface area contributed by atoms with Crippen molar-refractivity contribution in [1.82, 2.24) is 9.62 Å². The van der Waals surface area contributed by atoms with Crippen LogP contribution in [0.3, 0.4) is 0 Å². The highest BCUT2D eigenvalue weighted by Crippen LogP contribution is 2.31. The minimum atomic E-state index is -3.29. The quantitative estimate of drug-likeness (QED) is 0.692. The van der Waals surface area contributed by atoms with Gasteiger partial charge in [0.15, 0.2) is 0 Å². The highest BCUT2D eigenvalue weighted by Gasteiger charge is 2.35. The smallest absolute Gasteiger partial charge is 0.215 e. The maximum Gasteiger partial charge on any atom is 0.215 e. The van der Waals surface area contributed by atoms with Crippen LogP contribution < -0.4 is 4.72 Å². The second kappa shape index (κ2) is 7.88. The summed E-state index contributed by atoms with van der Waals surface area (Å²) < 4.78 is 37.8. The van der Waals surface area contributed by atoms with Crippen LogP contribution in [0.1, 0.15) is 19.8 Å². The third kappa shape index (κ3) is 5.62. The Morgan fingerprint density at radius 2 is 1.77 bits per heavy atom. The van der Waals surface area contributed by atoms with E-state index in [9.17, 15) is 8.42 Å². The van der Waals surface area contributed by atoms with Crippen LogP contribution in [-0.2, 0) is 19.5 Å². The van der Waals surface area contributed by atoms with E-state index in [1.165, 1.54) is 0 Å². The summed E-state index contributed by atoms with van der Waals surface area (Å²) >= 11 is 0. The van der Waals surface area contributed by atoms with E-state index >= 15 is 0 Å². The molecule has 2 saturated heterocycles. The van der Waals surface area contributed by atoms with Crippen molar-refractivity contribution >= 4 is 10.0 Å². The van der Waals surface area contributed by atoms with Crippen LogP contribution in [0.15, 0.2) is 12.2 Å². The Morgan fingerprint density at radius 3 is 2.36 bits per heavy atom. The maximum atomic E-state index is 12.1. The van der Waals surface area contributed by atoms with Gasteiger partial charge in [-0.2, -0.15) is 0 Å². The van der Waals surface area contributed by atoms with E-state index in [2.05, 4.69) is 16.2 Å². The average molecular weight is 332 g/mol. The van der Waals surface area contributed by atoms with Crippen molar-refractivity contribution in [2.75, 3.05) is 58.4 Å². The molecular weight excluding hydrogens is 304 g/mol. The monoisotopic (exact) mass is 332 g/mol. The standard InChI is InChI=1S/C15H28N2O4S/c1-14(2)11-22(18,19)16-12-15(3-7-20-8-4-15)13-17-5-9-21-10-6-17/h16H,1,3-13H2,2H3. The number of hydrogen-bond acceptors (Lipinski definition) is 5. The Kier molecular flexibility index (Phi) is 6.40. The first-order valence-corrected chi connectivity index (χ1v) is 9.56. The summed E-state index contributed by atoms with van der Waals surface area (Å²) in [7, 11) is -3.29. The summed E-state index contributed by atoms with van der Waals surface area (Å²) in [5.41, 5.74) is 0.610. The van der Waals surface area contributed by atoms with Crippen molar-refractivity contribution in [2.45, 2.75) is 19.8 Å². The predicted molar refractivity (Wildman–Crippen MR) is 86.3 cm³/mol. The van der Waals surface area contributed by atoms with E-state index in [1.807, 2.05) is 0 Å². The van der Waals surface area contributed by atoms with Crippen molar-refractivity contribution in [3.63, 3.8) is 0 Å². The van der Waals surface area contributed by atoms with Crippen LogP contribution in [0.5, 0.6) is 0 Å². The Bertz CT molecular complexity index is 466. The van der Waals surface area contributed by atoms with E-state index in [0.29, 0.717) is 25.3 Å². The molecule has 2 aliphatic rings. The van der Waals surface area contributed by atoms with Gasteiger partial charge in [0.2, 0.25) is 10.0 Å². The minimum Gasteiger partial charge on any atom is -0.381 e. The number of nitrogens with one attached hydrogen (secondary N) is 1. The Balaban J connectivity index is 1.97. The molecule has 22 heavy (non-hydrogen) atoms. The van der Waals surface area contributed by atoms with Crippen LogP contribution >= 0.6 is 0 Å². The van der Waals surface area contributed by atoms with Gasteiger partial charge in [0.05, 0.1) is 19.0 Å². The molecule has 0 bridgehead atoms. The summed E-state index contributed by atoms with van der Waals surface area (Å²) in [5.74, 6) is -0.00284. The van der Waals surface area contributed by atoms with Crippen LogP contribution in [0, 0.1) is 5.41 Å². The van der Waals surface area contributed by atoms with Crippen LogP contribution in [0.2, 0.25) is 0 Å². The van der Waals surface area contributed by atoms with Gasteiger partial charge in [0, 0.05) is 44.8 Å². The molecule has 2 heterocycles. The molecule has 0 saturated carbocycles. The first kappa shape index (κ1) is 17.9. The first-order chi connectivity index (χ1) is 10.4. The van der Waals surface area contributed by atoms with Gasteiger partial charge in [-0.1, -0.05) is 12.2 Å². The Morgan fingerprint density at radius 1 is 1.18 bits per heavy atom. The van der Waals surface area contributed by atoms with E-state index < -0.39 is 10.0 Å². The molecule has 128 valence electrons. The van der Waals surface area contributed by atoms with Gasteiger partial charge in [-0.25, -0.2) is 13.1 Å². The van der Waals surface area contributed by atoms with Crippen molar-refractivity contribution in [1.29, 1.82) is 0 Å². The van der Waals surface area contributed by atoms with E-state index in [-0.39, 0.29) is 11.2 Å². The Labute approximate surface area is 133 Å². The minimum absolute atomic E-state index is 0.00284. The fourth-order valence-corrected chi connectivity index (χ4v) is 4.34. The molecule has 7 heteroatoms. The van der Waals surface area contributed by atoms with Gasteiger partial charge >= 0.3 is 0 Å². The lowest BCUT2D eigenvalue weighted by Crippen LogP contribution is -2.51. The summed E-state index contributed by atoms with van der Waals surface area (Å²) in [4.78, 5) is 2.38.